The number of hydrogen-bond donors (Lipinski definition) is 2. The third kappa shape index (κ3) is 4.88. The number of H-pyrrole nitrogens is 1. The lowest BCUT2D eigenvalue weighted by molar-refractivity contribution is -0.623. The van der Waals surface area contributed by atoms with Crippen LogP contribution in [0.5, 0.6) is 11.8 Å². The largest absolute Gasteiger partial charge is 0.616 e. The van der Waals surface area contributed by atoms with Gasteiger partial charge in [-0.25, -0.2) is 4.98 Å². The molecule has 2 N–H and O–H groups in total. The van der Waals surface area contributed by atoms with Crippen LogP contribution in [0.2, 0.25) is 18.1 Å². The minimum atomic E-state index is -2.23. The Hall–Kier alpha value is -2.54. The minimum Gasteiger partial charge on any atom is -0.616 e. The van der Waals surface area contributed by atoms with Gasteiger partial charge in [0.25, 0.3) is 19.9 Å². The van der Waals surface area contributed by atoms with E-state index in [0.29, 0.717) is 40.8 Å². The number of hydrogen-bond acceptors (Lipinski definition) is 4. The summed E-state index contributed by atoms with van der Waals surface area (Å²) < 4.78 is 7.30. The molecule has 33 heavy (non-hydrogen) atoms. The molecule has 0 radical (unpaired) electrons. The van der Waals surface area contributed by atoms with Gasteiger partial charge in [-0.1, -0.05) is 58.2 Å². The van der Waals surface area contributed by atoms with Crippen LogP contribution < -0.4 is 9.16 Å². The lowest BCUT2D eigenvalue weighted by Crippen LogP contribution is -2.46. The predicted molar refractivity (Wildman–Crippen MR) is 134 cm³/mol. The normalized spacial score (nSPS) is 15.8. The van der Waals surface area contributed by atoms with Crippen molar-refractivity contribution < 1.29 is 14.3 Å². The second kappa shape index (κ2) is 9.01. The molecule has 2 heterocycles. The average Bonchev–Trinajstić information content (AvgIpc) is 3.17. The van der Waals surface area contributed by atoms with Crippen molar-refractivity contribution in [1.82, 2.24) is 9.97 Å². The van der Waals surface area contributed by atoms with Crippen LogP contribution in [0.1, 0.15) is 69.8 Å². The molecule has 1 aromatic carbocycles. The summed E-state index contributed by atoms with van der Waals surface area (Å²) in [6.07, 6.45) is 8.74. The van der Waals surface area contributed by atoms with E-state index in [0.717, 1.165) is 29.3 Å². The van der Waals surface area contributed by atoms with Gasteiger partial charge in [-0.15, -0.1) is 4.73 Å². The highest BCUT2D eigenvalue weighted by molar-refractivity contribution is 6.74. The molecule has 1 saturated carbocycles. The lowest BCUT2D eigenvalue weighted by Gasteiger charge is -2.36. The van der Waals surface area contributed by atoms with Crippen molar-refractivity contribution in [2.75, 3.05) is 0 Å². The summed E-state index contributed by atoms with van der Waals surface area (Å²) in [4.78, 5) is 8.07. The number of nitrogens with zero attached hydrogens (tertiary/aromatic N) is 2. The number of fused-ring (bicyclic) bond motifs is 1. The Kier molecular flexibility index (Phi) is 6.45. The first-order valence-corrected chi connectivity index (χ1v) is 15.1. The summed E-state index contributed by atoms with van der Waals surface area (Å²) in [5.74, 6) is 0.532. The molecule has 0 spiro atoms. The first-order valence-electron chi connectivity index (χ1n) is 12.1. The van der Waals surface area contributed by atoms with E-state index < -0.39 is 8.32 Å². The van der Waals surface area contributed by atoms with Gasteiger partial charge < -0.3 is 19.7 Å². The molecule has 0 saturated heterocycles. The van der Waals surface area contributed by atoms with Crippen molar-refractivity contribution >= 4 is 19.2 Å². The first-order chi connectivity index (χ1) is 15.6. The van der Waals surface area contributed by atoms with Gasteiger partial charge in [-0.05, 0) is 48.5 Å². The Morgan fingerprint density at radius 1 is 1.18 bits per heavy atom. The van der Waals surface area contributed by atoms with Gasteiger partial charge in [0.15, 0.2) is 5.69 Å². The van der Waals surface area contributed by atoms with Crippen molar-refractivity contribution in [3.63, 3.8) is 0 Å². The molecule has 0 atom stereocenters. The Labute approximate surface area is 197 Å². The van der Waals surface area contributed by atoms with Crippen molar-refractivity contribution in [3.05, 3.63) is 52.6 Å². The molecule has 1 aliphatic carbocycles. The molecule has 3 aromatic rings. The summed E-state index contributed by atoms with van der Waals surface area (Å²) in [6.45, 7) is 10.9. The number of aromatic nitrogens is 3. The molecule has 1 aliphatic rings. The summed E-state index contributed by atoms with van der Waals surface area (Å²) in [5, 5.41) is 25.3. The zero-order valence-electron chi connectivity index (χ0n) is 20.6. The fraction of sp³-hybridized carbons (Fsp3) is 0.538. The maximum absolute atomic E-state index is 13.4. The molecule has 178 valence electrons. The standard InChI is InChI=1S/C26H37N3O3Si/c1-26(2,3)33(4,5)32-24-23(15-18-11-7-6-8-12-18)29(31)25(30)22(28-24)16-19-17-27-21-14-10-9-13-20(19)21/h9-10,13-14,17-18,27,30H,6-8,11-12,15-16H2,1-5H3. The van der Waals surface area contributed by atoms with Gasteiger partial charge in [0.2, 0.25) is 0 Å². The van der Waals surface area contributed by atoms with Crippen molar-refractivity contribution in [1.29, 1.82) is 0 Å². The van der Waals surface area contributed by atoms with E-state index in [1.165, 1.54) is 19.3 Å². The molecular formula is C26H37N3O3Si. The van der Waals surface area contributed by atoms with Crippen LogP contribution in [0.3, 0.4) is 0 Å². The van der Waals surface area contributed by atoms with Crippen LogP contribution in [0.25, 0.3) is 10.9 Å². The summed E-state index contributed by atoms with van der Waals surface area (Å²) in [7, 11) is -2.23. The number of aromatic hydroxyl groups is 1. The van der Waals surface area contributed by atoms with Gasteiger partial charge in [0.05, 0.1) is 0 Å². The molecule has 0 bridgehead atoms. The Balaban J connectivity index is 1.75. The third-order valence-electron chi connectivity index (χ3n) is 7.58. The molecule has 6 nitrogen and oxygen atoms in total. The average molecular weight is 468 g/mol. The molecule has 1 fully saturated rings. The van der Waals surface area contributed by atoms with Crippen LogP contribution in [0.15, 0.2) is 30.5 Å². The first kappa shape index (κ1) is 23.6. The molecule has 2 aromatic heterocycles. The predicted octanol–water partition coefficient (Wildman–Crippen LogP) is 6.00. The molecular weight excluding hydrogens is 430 g/mol. The maximum atomic E-state index is 13.4. The van der Waals surface area contributed by atoms with E-state index in [1.54, 1.807) is 0 Å². The van der Waals surface area contributed by atoms with Gasteiger partial charge in [-0.3, -0.25) is 0 Å². The highest BCUT2D eigenvalue weighted by Crippen LogP contribution is 2.39. The SMILES string of the molecule is CC(C)(C)[Si](C)(C)Oc1nc(Cc2c[nH]c3ccccc23)c(O)[n+]([O-])c1CC1CCCCC1. The van der Waals surface area contributed by atoms with Gasteiger partial charge in [0.1, 0.15) is 0 Å². The maximum Gasteiger partial charge on any atom is 0.400 e. The van der Waals surface area contributed by atoms with Gasteiger partial charge in [0, 0.05) is 29.9 Å². The van der Waals surface area contributed by atoms with Crippen molar-refractivity contribution in [2.24, 2.45) is 5.92 Å². The zero-order chi connectivity index (χ0) is 23.8. The Morgan fingerprint density at radius 2 is 1.88 bits per heavy atom. The summed E-state index contributed by atoms with van der Waals surface area (Å²) in [6, 6.07) is 8.02. The van der Waals surface area contributed by atoms with Crippen LogP contribution in [-0.4, -0.2) is 23.4 Å². The topological polar surface area (TPSA) is 85.1 Å². The van der Waals surface area contributed by atoms with Gasteiger partial charge >= 0.3 is 5.88 Å². The molecule has 4 rings (SSSR count). The number of benzene rings is 1. The van der Waals surface area contributed by atoms with Crippen LogP contribution in [0, 0.1) is 11.1 Å². The summed E-state index contributed by atoms with van der Waals surface area (Å²) >= 11 is 0. The van der Waals surface area contributed by atoms with Crippen LogP contribution in [0.4, 0.5) is 0 Å². The second-order valence-corrected chi connectivity index (χ2v) is 15.8. The molecule has 0 unspecified atom stereocenters. The zero-order valence-corrected chi connectivity index (χ0v) is 21.6. The number of para-hydroxylation sites is 1. The molecule has 7 heteroatoms. The number of nitrogens with one attached hydrogen (secondary N) is 1. The highest BCUT2D eigenvalue weighted by atomic mass is 28.4. The fourth-order valence-electron chi connectivity index (χ4n) is 4.46. The van der Waals surface area contributed by atoms with Crippen molar-refractivity contribution in [2.45, 2.75) is 83.8 Å². The Morgan fingerprint density at radius 3 is 2.58 bits per heavy atom. The quantitative estimate of drug-likeness (QED) is 0.264. The molecule has 0 aliphatic heterocycles. The monoisotopic (exact) mass is 467 g/mol. The highest BCUT2D eigenvalue weighted by Gasteiger charge is 2.41. The third-order valence-corrected chi connectivity index (χ3v) is 11.9. The van der Waals surface area contributed by atoms with E-state index >= 15 is 0 Å². The van der Waals surface area contributed by atoms with Crippen LogP contribution in [-0.2, 0) is 12.8 Å². The summed E-state index contributed by atoms with van der Waals surface area (Å²) in [5.41, 5.74) is 2.85. The number of rotatable bonds is 6. The van der Waals surface area contributed by atoms with E-state index in [9.17, 15) is 10.3 Å². The number of aromatic amines is 1. The lowest BCUT2D eigenvalue weighted by atomic mass is 9.86. The van der Waals surface area contributed by atoms with Gasteiger partial charge in [-0.2, -0.15) is 0 Å². The molecule has 0 amide bonds. The second-order valence-electron chi connectivity index (χ2n) is 11.0. The fourth-order valence-corrected chi connectivity index (χ4v) is 5.41. The van der Waals surface area contributed by atoms with Crippen LogP contribution >= 0.6 is 0 Å². The van der Waals surface area contributed by atoms with E-state index in [-0.39, 0.29) is 10.9 Å². The van der Waals surface area contributed by atoms with Crippen molar-refractivity contribution in [3.8, 4) is 11.8 Å². The van der Waals surface area contributed by atoms with E-state index in [1.807, 2.05) is 30.5 Å². The van der Waals surface area contributed by atoms with E-state index in [2.05, 4.69) is 38.8 Å². The smallest absolute Gasteiger partial charge is 0.400 e. The Bertz CT molecular complexity index is 1130. The van der Waals surface area contributed by atoms with E-state index in [4.69, 9.17) is 9.41 Å². The minimum absolute atomic E-state index is 0.0284.